The molecule has 1 saturated heterocycles. The number of oxime groups is 1. The molecular formula is C13H17ClN2O3. The zero-order valence-electron chi connectivity index (χ0n) is 10.7. The summed E-state index contributed by atoms with van der Waals surface area (Å²) in [4.78, 5) is 0. The maximum Gasteiger partial charge on any atom is 0.170 e. The van der Waals surface area contributed by atoms with E-state index in [1.54, 1.807) is 18.2 Å². The normalized spacial score (nSPS) is 23.6. The van der Waals surface area contributed by atoms with Crippen LogP contribution in [0.5, 0.6) is 5.75 Å². The highest BCUT2D eigenvalue weighted by molar-refractivity contribution is 6.32. The van der Waals surface area contributed by atoms with Crippen molar-refractivity contribution in [2.75, 3.05) is 6.61 Å². The Morgan fingerprint density at radius 2 is 2.37 bits per heavy atom. The first-order valence-electron chi connectivity index (χ1n) is 6.16. The lowest BCUT2D eigenvalue weighted by molar-refractivity contribution is 0.0265. The second-order valence-corrected chi connectivity index (χ2v) is 4.99. The molecule has 0 amide bonds. The molecule has 1 aliphatic rings. The molecule has 0 saturated carbocycles. The molecule has 2 unspecified atom stereocenters. The predicted molar refractivity (Wildman–Crippen MR) is 73.0 cm³/mol. The van der Waals surface area contributed by atoms with Crippen LogP contribution in [0.15, 0.2) is 23.4 Å². The Morgan fingerprint density at radius 3 is 2.95 bits per heavy atom. The van der Waals surface area contributed by atoms with Crippen molar-refractivity contribution in [3.8, 4) is 5.75 Å². The monoisotopic (exact) mass is 284 g/mol. The molecule has 104 valence electrons. The number of rotatable bonds is 4. The summed E-state index contributed by atoms with van der Waals surface area (Å²) in [6.07, 6.45) is 2.48. The number of nitrogens with zero attached hydrogens (tertiary/aromatic N) is 1. The van der Waals surface area contributed by atoms with Crippen LogP contribution in [0.3, 0.4) is 0 Å². The van der Waals surface area contributed by atoms with Gasteiger partial charge in [-0.15, -0.1) is 0 Å². The summed E-state index contributed by atoms with van der Waals surface area (Å²) in [6.45, 7) is 2.53. The van der Waals surface area contributed by atoms with E-state index in [-0.39, 0.29) is 11.9 Å². The highest BCUT2D eigenvalue weighted by Gasteiger charge is 2.22. The molecule has 0 radical (unpaired) electrons. The maximum absolute atomic E-state index is 8.59. The Bertz CT molecular complexity index is 479. The first-order chi connectivity index (χ1) is 9.10. The lowest BCUT2D eigenvalue weighted by Crippen LogP contribution is -2.18. The molecular weight excluding hydrogens is 268 g/mol. The molecule has 0 aliphatic carbocycles. The molecule has 6 heteroatoms. The first kappa shape index (κ1) is 14.0. The van der Waals surface area contributed by atoms with Crippen molar-refractivity contribution >= 4 is 17.4 Å². The second-order valence-electron chi connectivity index (χ2n) is 4.59. The van der Waals surface area contributed by atoms with Crippen LogP contribution in [0.4, 0.5) is 0 Å². The van der Waals surface area contributed by atoms with E-state index < -0.39 is 0 Å². The van der Waals surface area contributed by atoms with Crippen LogP contribution in [-0.4, -0.2) is 29.9 Å². The van der Waals surface area contributed by atoms with E-state index in [0.29, 0.717) is 29.0 Å². The lowest BCUT2D eigenvalue weighted by Gasteiger charge is -2.14. The topological polar surface area (TPSA) is 77.1 Å². The Morgan fingerprint density at radius 1 is 1.58 bits per heavy atom. The van der Waals surface area contributed by atoms with E-state index in [0.717, 1.165) is 12.8 Å². The maximum atomic E-state index is 8.59. The summed E-state index contributed by atoms with van der Waals surface area (Å²) in [5.74, 6) is 0.584. The van der Waals surface area contributed by atoms with Crippen molar-refractivity contribution in [3.63, 3.8) is 0 Å². The van der Waals surface area contributed by atoms with Crippen molar-refractivity contribution in [2.24, 2.45) is 10.9 Å². The van der Waals surface area contributed by atoms with E-state index in [1.807, 2.05) is 0 Å². The smallest absolute Gasteiger partial charge is 0.170 e. The highest BCUT2D eigenvalue weighted by atomic mass is 35.5. The number of amidine groups is 1. The van der Waals surface area contributed by atoms with Gasteiger partial charge in [-0.25, -0.2) is 0 Å². The number of nitrogens with two attached hydrogens (primary N) is 1. The molecule has 1 fully saturated rings. The number of hydrogen-bond donors (Lipinski definition) is 2. The molecule has 1 aromatic carbocycles. The van der Waals surface area contributed by atoms with Gasteiger partial charge in [0, 0.05) is 5.56 Å². The Kier molecular flexibility index (Phi) is 4.50. The highest BCUT2D eigenvalue weighted by Crippen LogP contribution is 2.27. The van der Waals surface area contributed by atoms with Gasteiger partial charge in [-0.3, -0.25) is 0 Å². The molecule has 0 spiro atoms. The number of benzene rings is 1. The quantitative estimate of drug-likeness (QED) is 0.385. The SMILES string of the molecule is CC1CCC(COc2ccc(/C(N)=N/O)cc2Cl)O1. The summed E-state index contributed by atoms with van der Waals surface area (Å²) >= 11 is 6.09. The van der Waals surface area contributed by atoms with Crippen LogP contribution >= 0.6 is 11.6 Å². The minimum absolute atomic E-state index is 0.0152. The molecule has 1 aromatic rings. The first-order valence-corrected chi connectivity index (χ1v) is 6.53. The van der Waals surface area contributed by atoms with E-state index >= 15 is 0 Å². The third kappa shape index (κ3) is 3.52. The summed E-state index contributed by atoms with van der Waals surface area (Å²) in [5.41, 5.74) is 6.03. The molecule has 0 aromatic heterocycles. The van der Waals surface area contributed by atoms with E-state index in [9.17, 15) is 0 Å². The largest absolute Gasteiger partial charge is 0.489 e. The summed E-state index contributed by atoms with van der Waals surface area (Å²) in [6, 6.07) is 4.99. The van der Waals surface area contributed by atoms with Crippen molar-refractivity contribution < 1.29 is 14.7 Å². The minimum atomic E-state index is 0.0152. The Balaban J connectivity index is 1.97. The van der Waals surface area contributed by atoms with Crippen LogP contribution < -0.4 is 10.5 Å². The Hall–Kier alpha value is -1.46. The zero-order valence-corrected chi connectivity index (χ0v) is 11.4. The van der Waals surface area contributed by atoms with E-state index in [1.165, 1.54) is 0 Å². The number of halogens is 1. The van der Waals surface area contributed by atoms with Gasteiger partial charge in [-0.05, 0) is 38.0 Å². The van der Waals surface area contributed by atoms with Gasteiger partial charge in [0.1, 0.15) is 12.4 Å². The summed E-state index contributed by atoms with van der Waals surface area (Å²) in [5, 5.41) is 11.9. The van der Waals surface area contributed by atoms with Crippen molar-refractivity contribution in [1.82, 2.24) is 0 Å². The van der Waals surface area contributed by atoms with Gasteiger partial charge in [0.05, 0.1) is 17.2 Å². The van der Waals surface area contributed by atoms with Crippen molar-refractivity contribution in [3.05, 3.63) is 28.8 Å². The van der Waals surface area contributed by atoms with Crippen molar-refractivity contribution in [2.45, 2.75) is 32.0 Å². The van der Waals surface area contributed by atoms with Gasteiger partial charge in [0.15, 0.2) is 5.84 Å². The van der Waals surface area contributed by atoms with Crippen LogP contribution in [0.2, 0.25) is 5.02 Å². The standard InChI is InChI=1S/C13H17ClN2O3/c1-8-2-4-10(19-8)7-18-12-5-3-9(6-11(12)14)13(15)16-17/h3,5-6,8,10,17H,2,4,7H2,1H3,(H2,15,16). The minimum Gasteiger partial charge on any atom is -0.489 e. The van der Waals surface area contributed by atoms with Gasteiger partial charge >= 0.3 is 0 Å². The predicted octanol–water partition coefficient (Wildman–Crippen LogP) is 2.38. The number of hydrogen-bond acceptors (Lipinski definition) is 4. The van der Waals surface area contributed by atoms with Gasteiger partial charge in [-0.2, -0.15) is 0 Å². The third-order valence-electron chi connectivity index (χ3n) is 3.08. The molecule has 2 atom stereocenters. The molecule has 5 nitrogen and oxygen atoms in total. The second kappa shape index (κ2) is 6.12. The van der Waals surface area contributed by atoms with Gasteiger partial charge in [0.2, 0.25) is 0 Å². The van der Waals surface area contributed by atoms with Crippen LogP contribution in [0.1, 0.15) is 25.3 Å². The van der Waals surface area contributed by atoms with Crippen LogP contribution in [0, 0.1) is 0 Å². The average Bonchev–Trinajstić information content (AvgIpc) is 2.82. The van der Waals surface area contributed by atoms with Crippen LogP contribution in [0.25, 0.3) is 0 Å². The molecule has 1 aliphatic heterocycles. The Labute approximate surface area is 116 Å². The third-order valence-corrected chi connectivity index (χ3v) is 3.38. The summed E-state index contributed by atoms with van der Waals surface area (Å²) in [7, 11) is 0. The number of ether oxygens (including phenoxy) is 2. The fraction of sp³-hybridized carbons (Fsp3) is 0.462. The zero-order chi connectivity index (χ0) is 13.8. The molecule has 1 heterocycles. The fourth-order valence-electron chi connectivity index (χ4n) is 2.03. The van der Waals surface area contributed by atoms with Crippen LogP contribution in [-0.2, 0) is 4.74 Å². The van der Waals surface area contributed by atoms with Gasteiger partial charge in [0.25, 0.3) is 0 Å². The van der Waals surface area contributed by atoms with Crippen molar-refractivity contribution in [1.29, 1.82) is 0 Å². The molecule has 0 bridgehead atoms. The molecule has 2 rings (SSSR count). The molecule has 19 heavy (non-hydrogen) atoms. The van der Waals surface area contributed by atoms with E-state index in [4.69, 9.17) is 32.0 Å². The fourth-order valence-corrected chi connectivity index (χ4v) is 2.26. The summed E-state index contributed by atoms with van der Waals surface area (Å²) < 4.78 is 11.3. The lowest BCUT2D eigenvalue weighted by atomic mass is 10.2. The van der Waals surface area contributed by atoms with Gasteiger partial charge in [-0.1, -0.05) is 16.8 Å². The van der Waals surface area contributed by atoms with Gasteiger partial charge < -0.3 is 20.4 Å². The average molecular weight is 285 g/mol. The van der Waals surface area contributed by atoms with E-state index in [2.05, 4.69) is 12.1 Å². The molecule has 3 N–H and O–H groups in total.